The summed E-state index contributed by atoms with van der Waals surface area (Å²) in [7, 11) is 4.00. The summed E-state index contributed by atoms with van der Waals surface area (Å²) in [5.74, 6) is 0.358. The van der Waals surface area contributed by atoms with Gasteiger partial charge < -0.3 is 10.6 Å². The predicted molar refractivity (Wildman–Crippen MR) is 119 cm³/mol. The number of fused-ring (bicyclic) bond motifs is 1. The summed E-state index contributed by atoms with van der Waals surface area (Å²) < 4.78 is 1.69. The van der Waals surface area contributed by atoms with Crippen LogP contribution in [-0.2, 0) is 5.54 Å². The zero-order valence-electron chi connectivity index (χ0n) is 17.1. The third-order valence-corrected chi connectivity index (χ3v) is 5.87. The molecule has 0 aliphatic heterocycles. The van der Waals surface area contributed by atoms with E-state index in [0.29, 0.717) is 33.0 Å². The van der Waals surface area contributed by atoms with Crippen LogP contribution in [-0.4, -0.2) is 59.6 Å². The van der Waals surface area contributed by atoms with E-state index < -0.39 is 6.03 Å². The van der Waals surface area contributed by atoms with Gasteiger partial charge in [0.15, 0.2) is 16.6 Å². The molecule has 0 aromatic carbocycles. The quantitative estimate of drug-likeness (QED) is 0.457. The molecule has 4 heterocycles. The van der Waals surface area contributed by atoms with Crippen molar-refractivity contribution in [3.05, 3.63) is 52.8 Å². The van der Waals surface area contributed by atoms with Gasteiger partial charge in [0.1, 0.15) is 0 Å². The van der Waals surface area contributed by atoms with Crippen molar-refractivity contribution in [3.8, 4) is 5.82 Å². The van der Waals surface area contributed by atoms with Crippen LogP contribution in [0.25, 0.3) is 11.5 Å². The van der Waals surface area contributed by atoms with Gasteiger partial charge >= 0.3 is 6.03 Å². The highest BCUT2D eigenvalue weighted by atomic mass is 35.5. The maximum atomic E-state index is 12.8. The minimum Gasteiger partial charge on any atom is -0.306 e. The number of anilines is 2. The molecular weight excluding hydrogens is 455 g/mol. The Morgan fingerprint density at radius 2 is 1.84 bits per heavy atom. The highest BCUT2D eigenvalue weighted by Gasteiger charge is 2.50. The van der Waals surface area contributed by atoms with Crippen molar-refractivity contribution in [2.24, 2.45) is 0 Å². The summed E-state index contributed by atoms with van der Waals surface area (Å²) in [6.45, 7) is 0. The van der Waals surface area contributed by atoms with Gasteiger partial charge in [-0.3, -0.25) is 4.90 Å². The van der Waals surface area contributed by atoms with Crippen molar-refractivity contribution >= 4 is 46.3 Å². The number of amides is 2. The van der Waals surface area contributed by atoms with Crippen molar-refractivity contribution in [3.63, 3.8) is 0 Å². The summed E-state index contributed by atoms with van der Waals surface area (Å²) in [4.78, 5) is 24.8. The molecule has 0 atom stereocenters. The fourth-order valence-electron chi connectivity index (χ4n) is 3.72. The van der Waals surface area contributed by atoms with Gasteiger partial charge in [-0.2, -0.15) is 15.3 Å². The standard InChI is InChI=1S/C19H18Cl2N10O/c1-29(2)19(3-4-19)16-13(10-22-15-8-14(21)28-30(15)16)27-18(32)26-11-7-12(20)17(23-9-11)31-24-5-6-25-31/h5-10H,3-4H2,1-2H3,(H2,26,27,32). The second-order valence-electron chi connectivity index (χ2n) is 7.61. The fraction of sp³-hybridized carbons (Fsp3) is 0.263. The minimum absolute atomic E-state index is 0.261. The Labute approximate surface area is 192 Å². The summed E-state index contributed by atoms with van der Waals surface area (Å²) in [5.41, 5.74) is 2.13. The number of aromatic nitrogens is 7. The van der Waals surface area contributed by atoms with E-state index >= 15 is 0 Å². The molecule has 1 saturated carbocycles. The van der Waals surface area contributed by atoms with E-state index in [1.165, 1.54) is 23.4 Å². The van der Waals surface area contributed by atoms with Crippen LogP contribution < -0.4 is 10.6 Å². The van der Waals surface area contributed by atoms with Gasteiger partial charge in [-0.05, 0) is 33.0 Å². The van der Waals surface area contributed by atoms with Crippen molar-refractivity contribution in [2.75, 3.05) is 24.7 Å². The average molecular weight is 473 g/mol. The normalized spacial score (nSPS) is 14.7. The molecule has 2 amide bonds. The Balaban J connectivity index is 1.43. The first kappa shape index (κ1) is 20.6. The van der Waals surface area contributed by atoms with E-state index in [0.717, 1.165) is 18.5 Å². The van der Waals surface area contributed by atoms with E-state index in [-0.39, 0.29) is 5.54 Å². The second kappa shape index (κ2) is 7.69. The number of urea groups is 1. The van der Waals surface area contributed by atoms with Crippen molar-refractivity contribution in [2.45, 2.75) is 18.4 Å². The van der Waals surface area contributed by atoms with Crippen LogP contribution in [0.2, 0.25) is 10.2 Å². The number of hydrogen-bond acceptors (Lipinski definition) is 7. The van der Waals surface area contributed by atoms with Gasteiger partial charge in [0.05, 0.1) is 52.4 Å². The number of halogens is 2. The fourth-order valence-corrected chi connectivity index (χ4v) is 4.13. The molecule has 0 radical (unpaired) electrons. The molecule has 0 unspecified atom stereocenters. The number of pyridine rings is 1. The molecular formula is C19H18Cl2N10O. The molecule has 2 N–H and O–H groups in total. The van der Waals surface area contributed by atoms with Crippen LogP contribution in [0.3, 0.4) is 0 Å². The Morgan fingerprint density at radius 3 is 2.50 bits per heavy atom. The summed E-state index contributed by atoms with van der Waals surface area (Å²) in [6.07, 6.45) is 7.98. The van der Waals surface area contributed by atoms with E-state index in [2.05, 4.69) is 40.8 Å². The number of rotatable bonds is 5. The van der Waals surface area contributed by atoms with Gasteiger partial charge in [-0.1, -0.05) is 23.2 Å². The zero-order chi connectivity index (χ0) is 22.5. The maximum Gasteiger partial charge on any atom is 0.323 e. The lowest BCUT2D eigenvalue weighted by molar-refractivity contribution is 0.260. The van der Waals surface area contributed by atoms with Crippen LogP contribution in [0.1, 0.15) is 18.5 Å². The topological polar surface area (TPSA) is 118 Å². The minimum atomic E-state index is -0.469. The summed E-state index contributed by atoms with van der Waals surface area (Å²) in [6, 6.07) is 2.79. The van der Waals surface area contributed by atoms with Crippen LogP contribution in [0.4, 0.5) is 16.2 Å². The van der Waals surface area contributed by atoms with E-state index in [1.807, 2.05) is 14.1 Å². The largest absolute Gasteiger partial charge is 0.323 e. The van der Waals surface area contributed by atoms with Crippen LogP contribution in [0.5, 0.6) is 0 Å². The average Bonchev–Trinajstić information content (AvgIpc) is 3.18. The van der Waals surface area contributed by atoms with E-state index in [4.69, 9.17) is 23.2 Å². The Hall–Kier alpha value is -3.28. The lowest BCUT2D eigenvalue weighted by Gasteiger charge is -2.26. The molecule has 5 rings (SSSR count). The molecule has 0 saturated heterocycles. The van der Waals surface area contributed by atoms with Gasteiger partial charge in [-0.15, -0.1) is 4.80 Å². The maximum absolute atomic E-state index is 12.8. The number of nitrogens with one attached hydrogen (secondary N) is 2. The summed E-state index contributed by atoms with van der Waals surface area (Å²) >= 11 is 12.4. The van der Waals surface area contributed by atoms with E-state index in [9.17, 15) is 4.79 Å². The first-order valence-electron chi connectivity index (χ1n) is 9.70. The SMILES string of the molecule is CN(C)C1(c2c(NC(=O)Nc3cnc(-n4nccn4)c(Cl)c3)cnc3cc(Cl)nn23)CC1. The highest BCUT2D eigenvalue weighted by molar-refractivity contribution is 6.32. The third-order valence-electron chi connectivity index (χ3n) is 5.41. The van der Waals surface area contributed by atoms with Crippen molar-refractivity contribution in [1.82, 2.24) is 39.5 Å². The second-order valence-corrected chi connectivity index (χ2v) is 8.41. The third kappa shape index (κ3) is 3.53. The van der Waals surface area contributed by atoms with Crippen LogP contribution >= 0.6 is 23.2 Å². The van der Waals surface area contributed by atoms with Crippen LogP contribution in [0.15, 0.2) is 36.9 Å². The molecule has 1 aliphatic carbocycles. The Morgan fingerprint density at radius 1 is 1.09 bits per heavy atom. The van der Waals surface area contributed by atoms with Gasteiger partial charge in [-0.25, -0.2) is 19.3 Å². The first-order valence-corrected chi connectivity index (χ1v) is 10.5. The number of carbonyl (C=O) groups excluding carboxylic acids is 1. The molecule has 11 nitrogen and oxygen atoms in total. The predicted octanol–water partition coefficient (Wildman–Crippen LogP) is 3.21. The smallest absolute Gasteiger partial charge is 0.306 e. The monoisotopic (exact) mass is 472 g/mol. The number of carbonyl (C=O) groups is 1. The van der Waals surface area contributed by atoms with Gasteiger partial charge in [0.25, 0.3) is 0 Å². The molecule has 1 aliphatic rings. The van der Waals surface area contributed by atoms with Crippen LogP contribution in [0, 0.1) is 0 Å². The highest BCUT2D eigenvalue weighted by Crippen LogP contribution is 2.51. The first-order chi connectivity index (χ1) is 15.4. The molecule has 0 bridgehead atoms. The van der Waals surface area contributed by atoms with Crippen molar-refractivity contribution < 1.29 is 4.79 Å². The molecule has 0 spiro atoms. The lowest BCUT2D eigenvalue weighted by atomic mass is 10.1. The molecule has 13 heteroatoms. The van der Waals surface area contributed by atoms with Gasteiger partial charge in [0, 0.05) is 6.07 Å². The molecule has 1 fully saturated rings. The Kier molecular flexibility index (Phi) is 4.96. The lowest BCUT2D eigenvalue weighted by Crippen LogP contribution is -2.32. The molecule has 32 heavy (non-hydrogen) atoms. The zero-order valence-corrected chi connectivity index (χ0v) is 18.6. The summed E-state index contributed by atoms with van der Waals surface area (Å²) in [5, 5.41) is 18.6. The Bertz CT molecular complexity index is 1310. The van der Waals surface area contributed by atoms with Gasteiger partial charge in [0.2, 0.25) is 0 Å². The number of nitrogens with zero attached hydrogens (tertiary/aromatic N) is 8. The molecule has 4 aromatic heterocycles. The number of hydrogen-bond donors (Lipinski definition) is 2. The van der Waals surface area contributed by atoms with Crippen molar-refractivity contribution in [1.29, 1.82) is 0 Å². The molecule has 4 aromatic rings. The molecule has 164 valence electrons. The van der Waals surface area contributed by atoms with E-state index in [1.54, 1.807) is 22.8 Å².